The van der Waals surface area contributed by atoms with Gasteiger partial charge in [0.2, 0.25) is 0 Å². The SMILES string of the molecule is CC(=O)[C@H](C)C1CCC(c2ccnc3ccc(F)cc23)CC1. The van der Waals surface area contributed by atoms with E-state index in [0.29, 0.717) is 17.6 Å². The average molecular weight is 299 g/mol. The van der Waals surface area contributed by atoms with Crippen LogP contribution in [0.3, 0.4) is 0 Å². The molecule has 2 nitrogen and oxygen atoms in total. The lowest BCUT2D eigenvalue weighted by Gasteiger charge is -2.32. The molecule has 1 aromatic heterocycles. The number of halogens is 1. The maximum absolute atomic E-state index is 13.6. The molecular formula is C19H22FNO. The van der Waals surface area contributed by atoms with Crippen molar-refractivity contribution in [2.75, 3.05) is 0 Å². The number of Topliss-reactive ketones (excluding diaryl/α,β-unsaturated/α-hetero) is 1. The van der Waals surface area contributed by atoms with Gasteiger partial charge in [-0.2, -0.15) is 0 Å². The van der Waals surface area contributed by atoms with Gasteiger partial charge in [0.1, 0.15) is 11.6 Å². The molecule has 1 aliphatic carbocycles. The van der Waals surface area contributed by atoms with Crippen molar-refractivity contribution in [3.05, 3.63) is 41.8 Å². The largest absolute Gasteiger partial charge is 0.300 e. The van der Waals surface area contributed by atoms with Crippen molar-refractivity contribution in [3.63, 3.8) is 0 Å². The van der Waals surface area contributed by atoms with E-state index in [1.54, 1.807) is 19.1 Å². The molecule has 1 saturated carbocycles. The fraction of sp³-hybridized carbons (Fsp3) is 0.474. The van der Waals surface area contributed by atoms with E-state index in [-0.39, 0.29) is 11.7 Å². The molecule has 0 saturated heterocycles. The number of carbonyl (C=O) groups is 1. The highest BCUT2D eigenvalue weighted by atomic mass is 19.1. The van der Waals surface area contributed by atoms with Gasteiger partial charge in [-0.05, 0) is 74.3 Å². The molecule has 0 unspecified atom stereocenters. The van der Waals surface area contributed by atoms with Crippen molar-refractivity contribution < 1.29 is 9.18 Å². The van der Waals surface area contributed by atoms with E-state index in [2.05, 4.69) is 4.98 Å². The zero-order valence-corrected chi connectivity index (χ0v) is 13.2. The van der Waals surface area contributed by atoms with Gasteiger partial charge in [-0.3, -0.25) is 9.78 Å². The number of benzene rings is 1. The van der Waals surface area contributed by atoms with E-state index in [9.17, 15) is 9.18 Å². The molecule has 116 valence electrons. The second-order valence-electron chi connectivity index (χ2n) is 6.57. The molecule has 1 aromatic carbocycles. The van der Waals surface area contributed by atoms with Crippen molar-refractivity contribution in [1.29, 1.82) is 0 Å². The van der Waals surface area contributed by atoms with Gasteiger partial charge in [0.15, 0.2) is 0 Å². The summed E-state index contributed by atoms with van der Waals surface area (Å²) in [6.07, 6.45) is 6.10. The lowest BCUT2D eigenvalue weighted by atomic mass is 9.73. The standard InChI is InChI=1S/C19H22FNO/c1-12(13(2)22)14-3-5-15(6-4-14)17-9-10-21-19-8-7-16(20)11-18(17)19/h7-12,14-15H,3-6H2,1-2H3/t12-,14?,15?/m0/s1. The highest BCUT2D eigenvalue weighted by Gasteiger charge is 2.28. The van der Waals surface area contributed by atoms with Crippen molar-refractivity contribution in [3.8, 4) is 0 Å². The summed E-state index contributed by atoms with van der Waals surface area (Å²) >= 11 is 0. The summed E-state index contributed by atoms with van der Waals surface area (Å²) in [7, 11) is 0. The van der Waals surface area contributed by atoms with E-state index in [1.807, 2.05) is 19.2 Å². The topological polar surface area (TPSA) is 30.0 Å². The third-order valence-electron chi connectivity index (χ3n) is 5.30. The van der Waals surface area contributed by atoms with E-state index in [4.69, 9.17) is 0 Å². The first-order valence-corrected chi connectivity index (χ1v) is 8.11. The number of aromatic nitrogens is 1. The molecule has 3 heteroatoms. The molecule has 0 N–H and O–H groups in total. The number of pyridine rings is 1. The van der Waals surface area contributed by atoms with Crippen molar-refractivity contribution in [1.82, 2.24) is 4.98 Å². The van der Waals surface area contributed by atoms with Gasteiger partial charge in [0.25, 0.3) is 0 Å². The van der Waals surface area contributed by atoms with E-state index < -0.39 is 0 Å². The maximum Gasteiger partial charge on any atom is 0.132 e. The highest BCUT2D eigenvalue weighted by Crippen LogP contribution is 2.40. The summed E-state index contributed by atoms with van der Waals surface area (Å²) in [4.78, 5) is 15.9. The lowest BCUT2D eigenvalue weighted by molar-refractivity contribution is -0.122. The van der Waals surface area contributed by atoms with Crippen LogP contribution in [0.2, 0.25) is 0 Å². The zero-order chi connectivity index (χ0) is 15.7. The Morgan fingerprint density at radius 1 is 1.23 bits per heavy atom. The number of ketones is 1. The smallest absolute Gasteiger partial charge is 0.132 e. The van der Waals surface area contributed by atoms with Crippen LogP contribution < -0.4 is 0 Å². The first-order valence-electron chi connectivity index (χ1n) is 8.11. The minimum Gasteiger partial charge on any atom is -0.300 e. The molecule has 1 heterocycles. The number of fused-ring (bicyclic) bond motifs is 1. The molecule has 0 aliphatic heterocycles. The number of rotatable bonds is 3. The van der Waals surface area contributed by atoms with Gasteiger partial charge in [0.05, 0.1) is 5.52 Å². The van der Waals surface area contributed by atoms with Crippen molar-refractivity contribution in [2.24, 2.45) is 11.8 Å². The third kappa shape index (κ3) is 2.90. The molecule has 22 heavy (non-hydrogen) atoms. The molecule has 0 bridgehead atoms. The Morgan fingerprint density at radius 3 is 2.64 bits per heavy atom. The third-order valence-corrected chi connectivity index (χ3v) is 5.30. The zero-order valence-electron chi connectivity index (χ0n) is 13.2. The Morgan fingerprint density at radius 2 is 1.95 bits per heavy atom. The van der Waals surface area contributed by atoms with E-state index in [1.165, 1.54) is 11.6 Å². The van der Waals surface area contributed by atoms with Crippen LogP contribution in [0.15, 0.2) is 30.5 Å². The monoisotopic (exact) mass is 299 g/mol. The summed E-state index contributed by atoms with van der Waals surface area (Å²) in [6, 6.07) is 6.84. The van der Waals surface area contributed by atoms with Gasteiger partial charge < -0.3 is 0 Å². The molecule has 3 rings (SSSR count). The van der Waals surface area contributed by atoms with Crippen LogP contribution in [0.5, 0.6) is 0 Å². The van der Waals surface area contributed by atoms with Crippen LogP contribution in [0, 0.1) is 17.7 Å². The summed E-state index contributed by atoms with van der Waals surface area (Å²) in [5.74, 6) is 1.19. The van der Waals surface area contributed by atoms with Gasteiger partial charge >= 0.3 is 0 Å². The Hall–Kier alpha value is -1.77. The number of hydrogen-bond acceptors (Lipinski definition) is 2. The lowest BCUT2D eigenvalue weighted by Crippen LogP contribution is -2.23. The molecule has 1 atom stereocenters. The summed E-state index contributed by atoms with van der Waals surface area (Å²) in [6.45, 7) is 3.74. The predicted octanol–water partition coefficient (Wildman–Crippen LogP) is 4.87. The molecule has 0 spiro atoms. The first kappa shape index (κ1) is 15.1. The van der Waals surface area contributed by atoms with E-state index in [0.717, 1.165) is 36.6 Å². The predicted molar refractivity (Wildman–Crippen MR) is 86.2 cm³/mol. The van der Waals surface area contributed by atoms with Crippen molar-refractivity contribution in [2.45, 2.75) is 45.4 Å². The normalized spacial score (nSPS) is 23.4. The fourth-order valence-corrected chi connectivity index (χ4v) is 3.76. The molecule has 1 aliphatic rings. The van der Waals surface area contributed by atoms with Gasteiger partial charge in [-0.15, -0.1) is 0 Å². The minimum absolute atomic E-state index is 0.160. The summed E-state index contributed by atoms with van der Waals surface area (Å²) < 4.78 is 13.6. The van der Waals surface area contributed by atoms with Crippen LogP contribution in [-0.4, -0.2) is 10.8 Å². The Bertz CT molecular complexity index is 689. The van der Waals surface area contributed by atoms with E-state index >= 15 is 0 Å². The Balaban J connectivity index is 1.82. The molecular weight excluding hydrogens is 277 g/mol. The maximum atomic E-state index is 13.6. The molecule has 1 fully saturated rings. The van der Waals surface area contributed by atoms with Gasteiger partial charge in [-0.25, -0.2) is 4.39 Å². The number of nitrogens with zero attached hydrogens (tertiary/aromatic N) is 1. The fourth-order valence-electron chi connectivity index (χ4n) is 3.76. The second-order valence-corrected chi connectivity index (χ2v) is 6.57. The average Bonchev–Trinajstić information content (AvgIpc) is 2.53. The number of hydrogen-bond donors (Lipinski definition) is 0. The Kier molecular flexibility index (Phi) is 4.23. The van der Waals surface area contributed by atoms with Gasteiger partial charge in [0, 0.05) is 17.5 Å². The van der Waals surface area contributed by atoms with Crippen LogP contribution in [0.1, 0.15) is 51.0 Å². The van der Waals surface area contributed by atoms with Crippen molar-refractivity contribution >= 4 is 16.7 Å². The van der Waals surface area contributed by atoms with Gasteiger partial charge in [-0.1, -0.05) is 6.92 Å². The summed E-state index contributed by atoms with van der Waals surface area (Å²) in [5.41, 5.74) is 2.07. The van der Waals surface area contributed by atoms with Crippen LogP contribution >= 0.6 is 0 Å². The summed E-state index contributed by atoms with van der Waals surface area (Å²) in [5, 5.41) is 0.936. The van der Waals surface area contributed by atoms with Crippen LogP contribution in [0.4, 0.5) is 4.39 Å². The Labute approximate surface area is 130 Å². The second kappa shape index (κ2) is 6.15. The highest BCUT2D eigenvalue weighted by molar-refractivity contribution is 5.82. The quantitative estimate of drug-likeness (QED) is 0.809. The number of carbonyl (C=O) groups excluding carboxylic acids is 1. The van der Waals surface area contributed by atoms with Crippen LogP contribution in [-0.2, 0) is 4.79 Å². The molecule has 0 radical (unpaired) electrons. The minimum atomic E-state index is -0.208. The van der Waals surface area contributed by atoms with Crippen LogP contribution in [0.25, 0.3) is 10.9 Å². The first-order chi connectivity index (χ1) is 10.6. The molecule has 0 amide bonds. The molecule has 2 aromatic rings.